The first-order chi connectivity index (χ1) is 21.8. The molecule has 11 nitrogen and oxygen atoms in total. The fraction of sp³-hybridized carbons (Fsp3) is 0.387. The number of aromatic nitrogens is 1. The van der Waals surface area contributed by atoms with Gasteiger partial charge in [0.05, 0.1) is 22.2 Å². The summed E-state index contributed by atoms with van der Waals surface area (Å²) in [5, 5.41) is 37.5. The number of carbonyl (C=O) groups is 1. The molecule has 15 heteroatoms. The van der Waals surface area contributed by atoms with Gasteiger partial charge in [-0.1, -0.05) is 41.0 Å². The summed E-state index contributed by atoms with van der Waals surface area (Å²) < 4.78 is 53.0. The van der Waals surface area contributed by atoms with E-state index in [-0.39, 0.29) is 58.2 Å². The van der Waals surface area contributed by atoms with E-state index in [1.54, 1.807) is 24.3 Å². The lowest BCUT2D eigenvalue weighted by Gasteiger charge is -2.43. The highest BCUT2D eigenvalue weighted by Gasteiger charge is 2.44. The molecule has 2 aromatic carbocycles. The monoisotopic (exact) mass is 674 g/mol. The minimum absolute atomic E-state index is 0.0316. The number of sulfone groups is 1. The van der Waals surface area contributed by atoms with Crippen LogP contribution in [0.25, 0.3) is 0 Å². The maximum Gasteiger partial charge on any atom is 0.249 e. The van der Waals surface area contributed by atoms with Crippen LogP contribution in [0.1, 0.15) is 55.7 Å². The van der Waals surface area contributed by atoms with Gasteiger partial charge in [0, 0.05) is 41.9 Å². The molecular formula is C31H33ClF2N6O5S. The molecule has 5 rings (SSSR count). The molecule has 3 atom stereocenters. The fourth-order valence-corrected chi connectivity index (χ4v) is 6.77. The molecular weight excluding hydrogens is 642 g/mol. The van der Waals surface area contributed by atoms with Crippen LogP contribution in [0.2, 0.25) is 5.02 Å². The molecule has 2 fully saturated rings. The predicted octanol–water partition coefficient (Wildman–Crippen LogP) is 4.80. The number of benzene rings is 2. The van der Waals surface area contributed by atoms with Crippen molar-refractivity contribution >= 4 is 38.9 Å². The topological polar surface area (TPSA) is 150 Å². The van der Waals surface area contributed by atoms with Crippen molar-refractivity contribution in [3.8, 4) is 6.07 Å². The Hall–Kier alpha value is -3.87. The molecule has 0 bridgehead atoms. The molecule has 2 unspecified atom stereocenters. The SMILES string of the molecule is CS(=O)(=O)c1cccc(N(C(C(=O)NC2CCC(F)(F)CC2)c2ccccc2Cl)N(O)[C@@H]2CCC(O)N2c2cc(C#N)ccn2)c1. The zero-order chi connectivity index (χ0) is 33.2. The third-order valence-corrected chi connectivity index (χ3v) is 9.67. The van der Waals surface area contributed by atoms with Gasteiger partial charge >= 0.3 is 0 Å². The van der Waals surface area contributed by atoms with Crippen LogP contribution >= 0.6 is 11.6 Å². The first-order valence-corrected chi connectivity index (χ1v) is 16.9. The Balaban J connectivity index is 1.64. The number of nitrogens with one attached hydrogen (secondary N) is 1. The third kappa shape index (κ3) is 7.24. The summed E-state index contributed by atoms with van der Waals surface area (Å²) in [7, 11) is -3.74. The fourth-order valence-electron chi connectivity index (χ4n) is 5.87. The smallest absolute Gasteiger partial charge is 0.249 e. The third-order valence-electron chi connectivity index (χ3n) is 8.22. The quantitative estimate of drug-likeness (QED) is 0.270. The number of amides is 1. The normalized spacial score (nSPS) is 20.7. The van der Waals surface area contributed by atoms with Gasteiger partial charge in [-0.2, -0.15) is 5.26 Å². The highest BCUT2D eigenvalue weighted by Crippen LogP contribution is 2.39. The van der Waals surface area contributed by atoms with Gasteiger partial charge in [0.1, 0.15) is 18.2 Å². The lowest BCUT2D eigenvalue weighted by Crippen LogP contribution is -2.58. The number of nitrogens with zero attached hydrogens (tertiary/aromatic N) is 5. The Bertz CT molecular complexity index is 1730. The minimum Gasteiger partial charge on any atom is -0.374 e. The molecule has 1 aliphatic carbocycles. The highest BCUT2D eigenvalue weighted by molar-refractivity contribution is 7.90. The summed E-state index contributed by atoms with van der Waals surface area (Å²) in [5.41, 5.74) is 0.582. The van der Waals surface area contributed by atoms with E-state index in [9.17, 15) is 37.6 Å². The zero-order valence-electron chi connectivity index (χ0n) is 24.8. The number of pyridine rings is 1. The molecule has 1 saturated heterocycles. The molecule has 3 N–H and O–H groups in total. The van der Waals surface area contributed by atoms with Crippen LogP contribution in [0.15, 0.2) is 71.8 Å². The zero-order valence-corrected chi connectivity index (χ0v) is 26.4. The van der Waals surface area contributed by atoms with Gasteiger partial charge in [-0.3, -0.25) is 15.0 Å². The molecule has 2 aliphatic rings. The van der Waals surface area contributed by atoms with Gasteiger partial charge in [-0.15, -0.1) is 0 Å². The molecule has 1 aromatic heterocycles. The molecule has 1 saturated carbocycles. The van der Waals surface area contributed by atoms with Crippen molar-refractivity contribution in [1.29, 1.82) is 5.26 Å². The van der Waals surface area contributed by atoms with E-state index in [2.05, 4.69) is 10.3 Å². The second-order valence-corrected chi connectivity index (χ2v) is 13.9. The average molecular weight is 675 g/mol. The second kappa shape index (κ2) is 13.5. The van der Waals surface area contributed by atoms with Crippen LogP contribution in [0.4, 0.5) is 20.3 Å². The van der Waals surface area contributed by atoms with E-state index in [1.165, 1.54) is 52.5 Å². The van der Waals surface area contributed by atoms with E-state index in [4.69, 9.17) is 11.6 Å². The lowest BCUT2D eigenvalue weighted by atomic mass is 9.91. The van der Waals surface area contributed by atoms with E-state index in [0.29, 0.717) is 0 Å². The number of anilines is 2. The maximum atomic E-state index is 14.3. The molecule has 1 amide bonds. The first kappa shape index (κ1) is 33.5. The van der Waals surface area contributed by atoms with E-state index in [0.717, 1.165) is 11.4 Å². The average Bonchev–Trinajstić information content (AvgIpc) is 3.42. The van der Waals surface area contributed by atoms with Crippen molar-refractivity contribution in [2.75, 3.05) is 16.2 Å². The van der Waals surface area contributed by atoms with Crippen molar-refractivity contribution in [1.82, 2.24) is 15.5 Å². The van der Waals surface area contributed by atoms with Gasteiger partial charge in [0.15, 0.2) is 15.9 Å². The highest BCUT2D eigenvalue weighted by atomic mass is 35.5. The van der Waals surface area contributed by atoms with Crippen LogP contribution in [0.5, 0.6) is 0 Å². The van der Waals surface area contributed by atoms with Gasteiger partial charge < -0.3 is 15.3 Å². The molecule has 0 spiro atoms. The number of hydroxylamine groups is 1. The lowest BCUT2D eigenvalue weighted by molar-refractivity contribution is -0.152. The van der Waals surface area contributed by atoms with Gasteiger partial charge in [-0.05, 0) is 62.1 Å². The Labute approximate surface area is 270 Å². The first-order valence-electron chi connectivity index (χ1n) is 14.6. The van der Waals surface area contributed by atoms with Crippen molar-refractivity contribution in [2.45, 2.75) is 73.8 Å². The van der Waals surface area contributed by atoms with Crippen molar-refractivity contribution in [3.63, 3.8) is 0 Å². The Morgan fingerprint density at radius 3 is 2.52 bits per heavy atom. The van der Waals surface area contributed by atoms with Gasteiger partial charge in [0.2, 0.25) is 11.8 Å². The number of hydrogen-bond acceptors (Lipinski definition) is 10. The van der Waals surface area contributed by atoms with Gasteiger partial charge in [0.25, 0.3) is 0 Å². The summed E-state index contributed by atoms with van der Waals surface area (Å²) in [6, 6.07) is 15.0. The maximum absolute atomic E-state index is 14.3. The number of rotatable bonds is 9. The van der Waals surface area contributed by atoms with Crippen LogP contribution in [-0.4, -0.2) is 65.4 Å². The van der Waals surface area contributed by atoms with E-state index < -0.39 is 59.0 Å². The molecule has 0 radical (unpaired) electrons. The summed E-state index contributed by atoms with van der Waals surface area (Å²) in [4.78, 5) is 19.9. The summed E-state index contributed by atoms with van der Waals surface area (Å²) in [6.45, 7) is 0. The van der Waals surface area contributed by atoms with Crippen LogP contribution in [-0.2, 0) is 14.6 Å². The molecule has 1 aliphatic heterocycles. The number of hydrazine groups is 1. The molecule has 46 heavy (non-hydrogen) atoms. The summed E-state index contributed by atoms with van der Waals surface area (Å²) >= 11 is 6.63. The number of halogens is 3. The number of aliphatic hydroxyl groups excluding tert-OH is 1. The molecule has 2 heterocycles. The van der Waals surface area contributed by atoms with Crippen LogP contribution in [0, 0.1) is 11.3 Å². The number of aliphatic hydroxyl groups is 1. The van der Waals surface area contributed by atoms with Crippen molar-refractivity contribution in [3.05, 3.63) is 83.0 Å². The van der Waals surface area contributed by atoms with E-state index >= 15 is 0 Å². The molecule has 3 aromatic rings. The summed E-state index contributed by atoms with van der Waals surface area (Å²) in [5.74, 6) is -3.32. The largest absolute Gasteiger partial charge is 0.374 e. The molecule has 244 valence electrons. The number of carbonyl (C=O) groups excluding carboxylic acids is 1. The Kier molecular flexibility index (Phi) is 9.81. The number of alkyl halides is 2. The van der Waals surface area contributed by atoms with Crippen LogP contribution in [0.3, 0.4) is 0 Å². The standard InChI is InChI=1S/C31H33ClF2N6O5S/c1-46(44,45)23-6-4-5-22(18-23)39(40(43)27-9-10-28(41)38(27)26-17-20(19-35)13-16-36-26)29(24-7-2-3-8-25(24)32)30(42)37-21-11-14-31(33,34)15-12-21/h2-8,13,16-18,21,27-29,41,43H,9-12,14-15H2,1H3,(H,37,42)/t27-,28?,29?/m1/s1. The predicted molar refractivity (Wildman–Crippen MR) is 166 cm³/mol. The summed E-state index contributed by atoms with van der Waals surface area (Å²) in [6.07, 6.45) is -0.190. The van der Waals surface area contributed by atoms with Crippen molar-refractivity contribution in [2.24, 2.45) is 0 Å². The van der Waals surface area contributed by atoms with E-state index in [1.807, 2.05) is 6.07 Å². The minimum atomic E-state index is -3.74. The second-order valence-electron chi connectivity index (χ2n) is 11.5. The Morgan fingerprint density at radius 1 is 1.13 bits per heavy atom. The van der Waals surface area contributed by atoms with Crippen molar-refractivity contribution < 1.29 is 32.3 Å². The number of nitriles is 1. The van der Waals surface area contributed by atoms with Gasteiger partial charge in [-0.25, -0.2) is 22.2 Å². The number of hydrogen-bond donors (Lipinski definition) is 3. The Morgan fingerprint density at radius 2 is 1.85 bits per heavy atom. The van der Waals surface area contributed by atoms with Crippen LogP contribution < -0.4 is 15.2 Å².